The standard InChI is InChI=1S/C14H19N3O4/c1-2-21-14(18)13-9-15-7-8-16(13)10-11-3-5-12(6-4-11)17(19)20/h3-6,13,15H,2,7-10H2,1H3. The van der Waals surface area contributed by atoms with Gasteiger partial charge in [0.2, 0.25) is 0 Å². The molecule has 1 unspecified atom stereocenters. The number of nitrogens with zero attached hydrogens (tertiary/aromatic N) is 2. The molecule has 2 rings (SSSR count). The molecule has 1 atom stereocenters. The molecular weight excluding hydrogens is 274 g/mol. The van der Waals surface area contributed by atoms with Crippen molar-refractivity contribution in [1.82, 2.24) is 10.2 Å². The van der Waals surface area contributed by atoms with E-state index in [9.17, 15) is 14.9 Å². The van der Waals surface area contributed by atoms with Gasteiger partial charge in [0.1, 0.15) is 6.04 Å². The summed E-state index contributed by atoms with van der Waals surface area (Å²) >= 11 is 0. The summed E-state index contributed by atoms with van der Waals surface area (Å²) in [6.07, 6.45) is 0. The van der Waals surface area contributed by atoms with Crippen molar-refractivity contribution in [2.24, 2.45) is 0 Å². The van der Waals surface area contributed by atoms with Crippen molar-refractivity contribution in [3.63, 3.8) is 0 Å². The van der Waals surface area contributed by atoms with E-state index >= 15 is 0 Å². The molecular formula is C14H19N3O4. The first-order valence-electron chi connectivity index (χ1n) is 6.96. The summed E-state index contributed by atoms with van der Waals surface area (Å²) in [4.78, 5) is 24.2. The van der Waals surface area contributed by atoms with Gasteiger partial charge >= 0.3 is 5.97 Å². The predicted molar refractivity (Wildman–Crippen MR) is 76.8 cm³/mol. The number of carbonyl (C=O) groups excluding carboxylic acids is 1. The minimum absolute atomic E-state index is 0.0704. The Morgan fingerprint density at radius 1 is 1.48 bits per heavy atom. The Balaban J connectivity index is 2.04. The molecule has 114 valence electrons. The van der Waals surface area contributed by atoms with Gasteiger partial charge in [-0.3, -0.25) is 19.8 Å². The van der Waals surface area contributed by atoms with Crippen LogP contribution in [-0.2, 0) is 16.1 Å². The molecule has 0 spiro atoms. The summed E-state index contributed by atoms with van der Waals surface area (Å²) in [7, 11) is 0. The number of rotatable bonds is 5. The van der Waals surface area contributed by atoms with Gasteiger partial charge in [-0.1, -0.05) is 12.1 Å². The molecule has 1 fully saturated rings. The minimum atomic E-state index is -0.421. The van der Waals surface area contributed by atoms with Gasteiger partial charge in [0.05, 0.1) is 11.5 Å². The summed E-state index contributed by atoms with van der Waals surface area (Å²) in [5.41, 5.74) is 1.01. The monoisotopic (exact) mass is 293 g/mol. The first-order chi connectivity index (χ1) is 10.1. The van der Waals surface area contributed by atoms with Crippen LogP contribution in [0.4, 0.5) is 5.69 Å². The van der Waals surface area contributed by atoms with Crippen molar-refractivity contribution in [1.29, 1.82) is 0 Å². The first-order valence-corrected chi connectivity index (χ1v) is 6.96. The molecule has 1 saturated heterocycles. The van der Waals surface area contributed by atoms with Gasteiger partial charge in [0, 0.05) is 38.3 Å². The van der Waals surface area contributed by atoms with Crippen molar-refractivity contribution in [2.75, 3.05) is 26.2 Å². The third kappa shape index (κ3) is 3.99. The van der Waals surface area contributed by atoms with Crippen LogP contribution in [0.2, 0.25) is 0 Å². The second-order valence-electron chi connectivity index (χ2n) is 4.87. The van der Waals surface area contributed by atoms with E-state index in [1.807, 2.05) is 4.90 Å². The Kier molecular flexibility index (Phi) is 5.24. The largest absolute Gasteiger partial charge is 0.465 e. The Morgan fingerprint density at radius 2 is 2.19 bits per heavy atom. The number of non-ortho nitro benzene ring substituents is 1. The maximum absolute atomic E-state index is 11.9. The van der Waals surface area contributed by atoms with E-state index in [4.69, 9.17) is 4.74 Å². The van der Waals surface area contributed by atoms with Gasteiger partial charge in [-0.25, -0.2) is 0 Å². The van der Waals surface area contributed by atoms with E-state index in [1.165, 1.54) is 12.1 Å². The van der Waals surface area contributed by atoms with Crippen molar-refractivity contribution in [3.05, 3.63) is 39.9 Å². The maximum Gasteiger partial charge on any atom is 0.324 e. The zero-order chi connectivity index (χ0) is 15.2. The van der Waals surface area contributed by atoms with Crippen molar-refractivity contribution >= 4 is 11.7 Å². The third-order valence-corrected chi connectivity index (χ3v) is 3.45. The van der Waals surface area contributed by atoms with Gasteiger partial charge < -0.3 is 10.1 Å². The Labute approximate surface area is 123 Å². The molecule has 1 aliphatic rings. The highest BCUT2D eigenvalue weighted by molar-refractivity contribution is 5.76. The smallest absolute Gasteiger partial charge is 0.324 e. The van der Waals surface area contributed by atoms with Gasteiger partial charge in [-0.2, -0.15) is 0 Å². The molecule has 1 aromatic rings. The number of piperazine rings is 1. The molecule has 0 saturated carbocycles. The number of nitro groups is 1. The van der Waals surface area contributed by atoms with E-state index < -0.39 is 4.92 Å². The lowest BCUT2D eigenvalue weighted by atomic mass is 10.1. The van der Waals surface area contributed by atoms with Crippen LogP contribution < -0.4 is 5.32 Å². The van der Waals surface area contributed by atoms with Gasteiger partial charge in [-0.05, 0) is 12.5 Å². The number of ether oxygens (including phenoxy) is 1. The van der Waals surface area contributed by atoms with Crippen LogP contribution in [0.5, 0.6) is 0 Å². The number of hydrogen-bond acceptors (Lipinski definition) is 6. The molecule has 1 aromatic carbocycles. The lowest BCUT2D eigenvalue weighted by Crippen LogP contribution is -2.54. The average molecular weight is 293 g/mol. The average Bonchev–Trinajstić information content (AvgIpc) is 2.48. The zero-order valence-electron chi connectivity index (χ0n) is 11.9. The highest BCUT2D eigenvalue weighted by atomic mass is 16.6. The van der Waals surface area contributed by atoms with Gasteiger partial charge in [0.15, 0.2) is 0 Å². The number of benzene rings is 1. The fraction of sp³-hybridized carbons (Fsp3) is 0.500. The minimum Gasteiger partial charge on any atom is -0.465 e. The summed E-state index contributed by atoms with van der Waals surface area (Å²) in [6.45, 7) is 4.83. The second-order valence-corrected chi connectivity index (χ2v) is 4.87. The lowest BCUT2D eigenvalue weighted by Gasteiger charge is -2.34. The van der Waals surface area contributed by atoms with Crippen LogP contribution >= 0.6 is 0 Å². The van der Waals surface area contributed by atoms with Crippen LogP contribution in [-0.4, -0.2) is 48.1 Å². The predicted octanol–water partition coefficient (Wildman–Crippen LogP) is 0.932. The zero-order valence-corrected chi connectivity index (χ0v) is 11.9. The van der Waals surface area contributed by atoms with Crippen molar-refractivity contribution < 1.29 is 14.5 Å². The summed E-state index contributed by atoms with van der Waals surface area (Å²) in [6, 6.07) is 6.10. The van der Waals surface area contributed by atoms with Crippen LogP contribution in [0.1, 0.15) is 12.5 Å². The molecule has 0 bridgehead atoms. The van der Waals surface area contributed by atoms with Crippen LogP contribution in [0.3, 0.4) is 0 Å². The molecule has 1 N–H and O–H groups in total. The maximum atomic E-state index is 11.9. The summed E-state index contributed by atoms with van der Waals surface area (Å²) in [5.74, 6) is -0.230. The fourth-order valence-corrected chi connectivity index (χ4v) is 2.36. The van der Waals surface area contributed by atoms with Crippen LogP contribution in [0.25, 0.3) is 0 Å². The number of esters is 1. The molecule has 7 heteroatoms. The highest BCUT2D eigenvalue weighted by Gasteiger charge is 2.29. The lowest BCUT2D eigenvalue weighted by molar-refractivity contribution is -0.384. The van der Waals surface area contributed by atoms with Gasteiger partial charge in [-0.15, -0.1) is 0 Å². The normalized spacial score (nSPS) is 19.2. The molecule has 21 heavy (non-hydrogen) atoms. The van der Waals surface area contributed by atoms with E-state index in [0.29, 0.717) is 19.7 Å². The van der Waals surface area contributed by atoms with Gasteiger partial charge in [0.25, 0.3) is 5.69 Å². The molecule has 0 amide bonds. The topological polar surface area (TPSA) is 84.7 Å². The number of hydrogen-bond donors (Lipinski definition) is 1. The molecule has 0 radical (unpaired) electrons. The Morgan fingerprint density at radius 3 is 2.81 bits per heavy atom. The Bertz CT molecular complexity index is 503. The highest BCUT2D eigenvalue weighted by Crippen LogP contribution is 2.16. The quantitative estimate of drug-likeness (QED) is 0.494. The van der Waals surface area contributed by atoms with Crippen molar-refractivity contribution in [3.8, 4) is 0 Å². The third-order valence-electron chi connectivity index (χ3n) is 3.45. The summed E-state index contributed by atoms with van der Waals surface area (Å²) in [5, 5.41) is 13.8. The first kappa shape index (κ1) is 15.4. The van der Waals surface area contributed by atoms with E-state index in [1.54, 1.807) is 19.1 Å². The van der Waals surface area contributed by atoms with E-state index in [0.717, 1.165) is 18.7 Å². The van der Waals surface area contributed by atoms with E-state index in [2.05, 4.69) is 5.32 Å². The fourth-order valence-electron chi connectivity index (χ4n) is 2.36. The van der Waals surface area contributed by atoms with E-state index in [-0.39, 0.29) is 17.7 Å². The Hall–Kier alpha value is -1.99. The van der Waals surface area contributed by atoms with Crippen molar-refractivity contribution in [2.45, 2.75) is 19.5 Å². The number of nitro benzene ring substituents is 1. The number of nitrogens with one attached hydrogen (secondary N) is 1. The van der Waals surface area contributed by atoms with Crippen LogP contribution in [0.15, 0.2) is 24.3 Å². The van der Waals surface area contributed by atoms with Crippen LogP contribution in [0, 0.1) is 10.1 Å². The molecule has 1 heterocycles. The second kappa shape index (κ2) is 7.14. The molecule has 0 aromatic heterocycles. The summed E-state index contributed by atoms with van der Waals surface area (Å²) < 4.78 is 5.09. The molecule has 1 aliphatic heterocycles. The molecule has 7 nitrogen and oxygen atoms in total. The number of carbonyl (C=O) groups is 1. The SMILES string of the molecule is CCOC(=O)C1CNCCN1Cc1ccc([N+](=O)[O-])cc1. The molecule has 0 aliphatic carbocycles.